The van der Waals surface area contributed by atoms with E-state index in [2.05, 4.69) is 9.47 Å². The summed E-state index contributed by atoms with van der Waals surface area (Å²) in [6.45, 7) is 2.25. The normalized spacial score (nSPS) is 9.43. The molecule has 0 radical (unpaired) electrons. The van der Waals surface area contributed by atoms with Crippen LogP contribution in [-0.2, 0) is 28.7 Å². The van der Waals surface area contributed by atoms with Gasteiger partial charge in [0.25, 0.3) is 0 Å². The lowest BCUT2D eigenvalue weighted by Crippen LogP contribution is -2.13. The number of ether oxygens (including phenoxy) is 2. The van der Waals surface area contributed by atoms with Crippen LogP contribution in [-0.4, -0.2) is 37.0 Å². The summed E-state index contributed by atoms with van der Waals surface area (Å²) in [5.74, 6) is -3.37. The summed E-state index contributed by atoms with van der Waals surface area (Å²) >= 11 is 0. The molecule has 0 amide bonds. The van der Waals surface area contributed by atoms with Crippen molar-refractivity contribution >= 4 is 23.9 Å². The Bertz CT molecular complexity index is 357. The number of esters is 4. The predicted molar refractivity (Wildman–Crippen MR) is 64.0 cm³/mol. The summed E-state index contributed by atoms with van der Waals surface area (Å²) in [4.78, 5) is 41.3. The molecule has 0 aliphatic heterocycles. The predicted octanol–water partition coefficient (Wildman–Crippen LogP) is 1.95. The van der Waals surface area contributed by atoms with Crippen molar-refractivity contribution < 1.29 is 41.8 Å². The second-order valence-electron chi connectivity index (χ2n) is 3.43. The maximum absolute atomic E-state index is 11.4. The van der Waals surface area contributed by atoms with E-state index < -0.39 is 43.4 Å². The molecular formula is C12H17F3O6. The van der Waals surface area contributed by atoms with E-state index in [1.807, 2.05) is 0 Å². The van der Waals surface area contributed by atoms with Crippen molar-refractivity contribution in [3.05, 3.63) is 0 Å². The first-order valence-corrected chi connectivity index (χ1v) is 6.07. The molecule has 0 N–H and O–H groups in total. The highest BCUT2D eigenvalue weighted by Crippen LogP contribution is 2.01. The molecule has 0 atom stereocenters. The largest absolute Gasteiger partial charge is 0.393 e. The fourth-order valence-corrected chi connectivity index (χ4v) is 0.694. The second-order valence-corrected chi connectivity index (χ2v) is 3.43. The van der Waals surface area contributed by atoms with Crippen molar-refractivity contribution in [3.63, 3.8) is 0 Å². The SMILES string of the molecule is CCC(=O)OC(=O)CC(F)F.CCC(=O)OC(=O)CCF. The summed E-state index contributed by atoms with van der Waals surface area (Å²) in [5.41, 5.74) is 0. The molecule has 0 aromatic carbocycles. The number of carbonyl (C=O) groups excluding carboxylic acids is 4. The van der Waals surface area contributed by atoms with Gasteiger partial charge >= 0.3 is 23.9 Å². The number of halogens is 3. The van der Waals surface area contributed by atoms with Gasteiger partial charge < -0.3 is 9.47 Å². The Balaban J connectivity index is 0. The second kappa shape index (κ2) is 13.1. The van der Waals surface area contributed by atoms with Gasteiger partial charge in [-0.2, -0.15) is 0 Å². The topological polar surface area (TPSA) is 86.7 Å². The monoisotopic (exact) mass is 314 g/mol. The van der Waals surface area contributed by atoms with Crippen LogP contribution >= 0.6 is 0 Å². The zero-order valence-electron chi connectivity index (χ0n) is 11.7. The molecule has 21 heavy (non-hydrogen) atoms. The van der Waals surface area contributed by atoms with E-state index in [1.54, 1.807) is 6.92 Å². The summed E-state index contributed by atoms with van der Waals surface area (Å²) < 4.78 is 42.3. The summed E-state index contributed by atoms with van der Waals surface area (Å²) in [7, 11) is 0. The third kappa shape index (κ3) is 16.0. The zero-order chi connectivity index (χ0) is 16.8. The zero-order valence-corrected chi connectivity index (χ0v) is 11.7. The Morgan fingerprint density at radius 1 is 0.857 bits per heavy atom. The van der Waals surface area contributed by atoms with Crippen LogP contribution in [0.25, 0.3) is 0 Å². The van der Waals surface area contributed by atoms with Crippen LogP contribution in [0.4, 0.5) is 13.2 Å². The summed E-state index contributed by atoms with van der Waals surface area (Å²) in [5, 5.41) is 0. The standard InChI is InChI=1S/C6H8F2O3.C6H9FO3/c1-2-5(9)11-6(10)3-4(7)8;1-2-5(8)10-6(9)3-4-7/h4H,2-3H2,1H3;2-4H2,1H3. The highest BCUT2D eigenvalue weighted by atomic mass is 19.3. The molecule has 6 nitrogen and oxygen atoms in total. The van der Waals surface area contributed by atoms with Crippen LogP contribution in [0.5, 0.6) is 0 Å². The minimum Gasteiger partial charge on any atom is -0.393 e. The van der Waals surface area contributed by atoms with Gasteiger partial charge in [-0.25, -0.2) is 8.78 Å². The molecule has 0 aromatic rings. The molecule has 0 aromatic heterocycles. The summed E-state index contributed by atoms with van der Waals surface area (Å²) in [6.07, 6.45) is -3.98. The highest BCUT2D eigenvalue weighted by molar-refractivity contribution is 5.85. The third-order valence-corrected chi connectivity index (χ3v) is 1.65. The first-order chi connectivity index (χ1) is 9.76. The van der Waals surface area contributed by atoms with Crippen molar-refractivity contribution in [2.45, 2.75) is 46.0 Å². The lowest BCUT2D eigenvalue weighted by Gasteiger charge is -1.98. The van der Waals surface area contributed by atoms with Gasteiger partial charge in [0.15, 0.2) is 0 Å². The minimum absolute atomic E-state index is 0.00891. The van der Waals surface area contributed by atoms with Gasteiger partial charge in [-0.05, 0) is 0 Å². The maximum Gasteiger partial charge on any atom is 0.319 e. The lowest BCUT2D eigenvalue weighted by atomic mass is 10.4. The Hall–Kier alpha value is -1.93. The van der Waals surface area contributed by atoms with Gasteiger partial charge in [0, 0.05) is 12.8 Å². The molecule has 0 heterocycles. The number of alkyl halides is 3. The van der Waals surface area contributed by atoms with Crippen molar-refractivity contribution in [2.24, 2.45) is 0 Å². The first kappa shape index (κ1) is 21.4. The van der Waals surface area contributed by atoms with E-state index in [9.17, 15) is 32.3 Å². The number of rotatable bonds is 6. The van der Waals surface area contributed by atoms with Gasteiger partial charge in [0.1, 0.15) is 6.42 Å². The number of hydrogen-bond donors (Lipinski definition) is 0. The molecule has 0 spiro atoms. The van der Waals surface area contributed by atoms with E-state index in [0.29, 0.717) is 0 Å². The number of carbonyl (C=O) groups is 4. The molecule has 122 valence electrons. The smallest absolute Gasteiger partial charge is 0.319 e. The van der Waals surface area contributed by atoms with Crippen LogP contribution < -0.4 is 0 Å². The molecule has 0 unspecified atom stereocenters. The molecule has 0 rings (SSSR count). The van der Waals surface area contributed by atoms with Crippen molar-refractivity contribution in [1.82, 2.24) is 0 Å². The summed E-state index contributed by atoms with van der Waals surface area (Å²) in [6, 6.07) is 0. The fraction of sp³-hybridized carbons (Fsp3) is 0.667. The molecule has 0 bridgehead atoms. The van der Waals surface area contributed by atoms with E-state index in [0.717, 1.165) is 0 Å². The van der Waals surface area contributed by atoms with Crippen LogP contribution in [0.15, 0.2) is 0 Å². The van der Waals surface area contributed by atoms with E-state index in [-0.39, 0.29) is 19.3 Å². The van der Waals surface area contributed by atoms with Gasteiger partial charge in [0.05, 0.1) is 13.1 Å². The van der Waals surface area contributed by atoms with Crippen LogP contribution in [0.2, 0.25) is 0 Å². The molecule has 9 heteroatoms. The minimum atomic E-state index is -2.76. The highest BCUT2D eigenvalue weighted by Gasteiger charge is 2.14. The van der Waals surface area contributed by atoms with E-state index in [1.165, 1.54) is 6.92 Å². The van der Waals surface area contributed by atoms with Crippen molar-refractivity contribution in [3.8, 4) is 0 Å². The molecule has 0 saturated heterocycles. The quantitative estimate of drug-likeness (QED) is 0.550. The fourth-order valence-electron chi connectivity index (χ4n) is 0.694. The van der Waals surface area contributed by atoms with Gasteiger partial charge in [-0.3, -0.25) is 23.6 Å². The van der Waals surface area contributed by atoms with Gasteiger partial charge in [-0.15, -0.1) is 0 Å². The van der Waals surface area contributed by atoms with Crippen LogP contribution in [0.3, 0.4) is 0 Å². The average Bonchev–Trinajstić information content (AvgIpc) is 2.38. The van der Waals surface area contributed by atoms with E-state index in [4.69, 9.17) is 0 Å². The van der Waals surface area contributed by atoms with Crippen LogP contribution in [0, 0.1) is 0 Å². The Labute approximate surface area is 119 Å². The third-order valence-electron chi connectivity index (χ3n) is 1.65. The molecule has 0 saturated carbocycles. The molecular weight excluding hydrogens is 297 g/mol. The molecule has 0 aliphatic rings. The van der Waals surface area contributed by atoms with Crippen LogP contribution in [0.1, 0.15) is 39.5 Å². The van der Waals surface area contributed by atoms with Crippen molar-refractivity contribution in [2.75, 3.05) is 6.67 Å². The Kier molecular flexibility index (Phi) is 13.3. The number of hydrogen-bond acceptors (Lipinski definition) is 6. The van der Waals surface area contributed by atoms with Gasteiger partial charge in [-0.1, -0.05) is 13.8 Å². The Morgan fingerprint density at radius 2 is 1.29 bits per heavy atom. The first-order valence-electron chi connectivity index (χ1n) is 6.07. The van der Waals surface area contributed by atoms with Crippen molar-refractivity contribution in [1.29, 1.82) is 0 Å². The Morgan fingerprint density at radius 3 is 1.62 bits per heavy atom. The molecule has 0 fully saturated rings. The lowest BCUT2D eigenvalue weighted by molar-refractivity contribution is -0.162. The average molecular weight is 314 g/mol. The maximum atomic E-state index is 11.4. The molecule has 0 aliphatic carbocycles. The van der Waals surface area contributed by atoms with E-state index >= 15 is 0 Å². The van der Waals surface area contributed by atoms with Gasteiger partial charge in [0.2, 0.25) is 6.43 Å².